The Balaban J connectivity index is 1.38. The number of hydrogen-bond donors (Lipinski definition) is 1. The lowest BCUT2D eigenvalue weighted by Gasteiger charge is -2.22. The predicted octanol–water partition coefficient (Wildman–Crippen LogP) is 7.81. The van der Waals surface area contributed by atoms with Crippen molar-refractivity contribution in [2.75, 3.05) is 5.32 Å². The molecule has 4 aromatic carbocycles. The van der Waals surface area contributed by atoms with E-state index in [2.05, 4.69) is 10.3 Å². The second-order valence-electron chi connectivity index (χ2n) is 11.3. The largest absolute Gasteiger partial charge is 0.451 e. The van der Waals surface area contributed by atoms with Crippen LogP contribution in [0.25, 0.3) is 32.8 Å². The van der Waals surface area contributed by atoms with E-state index in [4.69, 9.17) is 9.15 Å². The maximum atomic E-state index is 14.0. The van der Waals surface area contributed by atoms with Crippen LogP contribution in [0.3, 0.4) is 0 Å². The number of nitro groups is 2. The molecule has 236 valence electrons. The molecule has 1 amide bonds. The molecule has 6 aromatic rings. The van der Waals surface area contributed by atoms with E-state index in [9.17, 15) is 29.8 Å². The van der Waals surface area contributed by atoms with Gasteiger partial charge in [0.25, 0.3) is 23.2 Å². The van der Waals surface area contributed by atoms with E-state index < -0.39 is 27.8 Å². The average Bonchev–Trinajstić information content (AvgIpc) is 3.42. The molecule has 6 rings (SSSR count). The number of aryl methyl sites for hydroxylation is 1. The number of nitro benzene ring substituents is 2. The van der Waals surface area contributed by atoms with Crippen molar-refractivity contribution in [3.63, 3.8) is 0 Å². The van der Waals surface area contributed by atoms with Crippen molar-refractivity contribution in [3.8, 4) is 5.95 Å². The Hall–Kier alpha value is -6.17. The van der Waals surface area contributed by atoms with Gasteiger partial charge >= 0.3 is 0 Å². The van der Waals surface area contributed by atoms with E-state index in [1.165, 1.54) is 36.4 Å². The first-order chi connectivity index (χ1) is 22.6. The van der Waals surface area contributed by atoms with Crippen LogP contribution < -0.4 is 10.1 Å². The summed E-state index contributed by atoms with van der Waals surface area (Å²) in [5.41, 5.74) is 1.64. The molecule has 0 aliphatic heterocycles. The molecule has 0 aliphatic rings. The fourth-order valence-electron chi connectivity index (χ4n) is 5.58. The van der Waals surface area contributed by atoms with Crippen molar-refractivity contribution in [2.45, 2.75) is 32.8 Å². The van der Waals surface area contributed by atoms with Crippen molar-refractivity contribution < 1.29 is 28.6 Å². The molecule has 0 spiro atoms. The van der Waals surface area contributed by atoms with Crippen LogP contribution in [0.4, 0.5) is 17.1 Å². The Morgan fingerprint density at radius 1 is 0.872 bits per heavy atom. The van der Waals surface area contributed by atoms with Crippen LogP contribution in [0.2, 0.25) is 0 Å². The highest BCUT2D eigenvalue weighted by Crippen LogP contribution is 2.39. The molecule has 0 radical (unpaired) electrons. The number of furan rings is 1. The van der Waals surface area contributed by atoms with Crippen molar-refractivity contribution in [2.24, 2.45) is 5.92 Å². The van der Waals surface area contributed by atoms with Gasteiger partial charge in [0, 0.05) is 46.5 Å². The highest BCUT2D eigenvalue weighted by atomic mass is 16.6. The Morgan fingerprint density at radius 2 is 1.62 bits per heavy atom. The van der Waals surface area contributed by atoms with Gasteiger partial charge in [0.15, 0.2) is 11.9 Å². The Morgan fingerprint density at radius 3 is 2.34 bits per heavy atom. The third kappa shape index (κ3) is 6.08. The number of ketones is 1. The number of Topliss-reactive ketones (excluding diaryl/α,β-unsaturated/α-hetero) is 1. The van der Waals surface area contributed by atoms with E-state index in [0.29, 0.717) is 16.7 Å². The molecule has 0 saturated carbocycles. The summed E-state index contributed by atoms with van der Waals surface area (Å²) in [7, 11) is 0. The number of hydrogen-bond acceptors (Lipinski definition) is 9. The van der Waals surface area contributed by atoms with E-state index in [1.54, 1.807) is 50.2 Å². The third-order valence-electron chi connectivity index (χ3n) is 7.87. The number of benzene rings is 4. The average molecular weight is 633 g/mol. The Labute approximate surface area is 267 Å². The highest BCUT2D eigenvalue weighted by Gasteiger charge is 2.30. The topological polar surface area (TPSA) is 168 Å². The van der Waals surface area contributed by atoms with Crippen LogP contribution in [-0.2, 0) is 11.2 Å². The number of non-ortho nitro benzene ring substituents is 2. The molecule has 0 fully saturated rings. The lowest BCUT2D eigenvalue weighted by Crippen LogP contribution is -2.37. The van der Waals surface area contributed by atoms with Gasteiger partial charge in [0.1, 0.15) is 11.0 Å². The normalized spacial score (nSPS) is 12.0. The molecule has 2 aromatic heterocycles. The number of rotatable bonds is 11. The number of carbonyl (C=O) groups excluding carboxylic acids is 2. The van der Waals surface area contributed by atoms with Crippen LogP contribution in [0.5, 0.6) is 5.95 Å². The number of ether oxygens (including phenoxy) is 1. The number of pyridine rings is 1. The summed E-state index contributed by atoms with van der Waals surface area (Å²) in [6.45, 7) is 3.56. The minimum Gasteiger partial charge on any atom is -0.451 e. The second kappa shape index (κ2) is 12.7. The van der Waals surface area contributed by atoms with Gasteiger partial charge in [-0.15, -0.1) is 0 Å². The van der Waals surface area contributed by atoms with Crippen LogP contribution >= 0.6 is 0 Å². The monoisotopic (exact) mass is 632 g/mol. The van der Waals surface area contributed by atoms with Crippen LogP contribution in [0, 0.1) is 26.1 Å². The van der Waals surface area contributed by atoms with Gasteiger partial charge in [-0.05, 0) is 30.5 Å². The van der Waals surface area contributed by atoms with E-state index in [-0.39, 0.29) is 63.4 Å². The molecule has 1 unspecified atom stereocenters. The molecule has 0 saturated heterocycles. The van der Waals surface area contributed by atoms with Gasteiger partial charge in [-0.3, -0.25) is 29.8 Å². The first-order valence-corrected chi connectivity index (χ1v) is 14.8. The zero-order valence-corrected chi connectivity index (χ0v) is 25.3. The van der Waals surface area contributed by atoms with Crippen molar-refractivity contribution in [1.29, 1.82) is 0 Å². The highest BCUT2D eigenvalue weighted by molar-refractivity contribution is 6.16. The number of nitrogens with one attached hydrogen (secondary N) is 1. The fraction of sp³-hybridized carbons (Fsp3) is 0.171. The number of fused-ring (bicyclic) bond motifs is 3. The van der Waals surface area contributed by atoms with Crippen molar-refractivity contribution in [3.05, 3.63) is 122 Å². The van der Waals surface area contributed by atoms with E-state index in [0.717, 1.165) is 5.39 Å². The quantitative estimate of drug-likeness (QED) is 0.0648. The number of amides is 1. The van der Waals surface area contributed by atoms with Gasteiger partial charge in [0.05, 0.1) is 26.6 Å². The standard InChI is InChI=1S/C35H28N4O8/c1-20(2)33(47-35-24(23-11-6-7-14-30(23)46-35)17-18-29(40)21-9-4-3-5-10-21)34(41)37-32-25-16-15-22(38(42)43)19-27(25)36-26-12-8-13-28(31(26)32)39(44)45/h3-16,19-20,33H,17-18H2,1-2H3,(H,36,37,41). The number of aromatic nitrogens is 1. The smallest absolute Gasteiger partial charge is 0.289 e. The molecular weight excluding hydrogens is 604 g/mol. The summed E-state index contributed by atoms with van der Waals surface area (Å²) in [6, 6.07) is 24.4. The lowest BCUT2D eigenvalue weighted by atomic mass is 10.0. The van der Waals surface area contributed by atoms with E-state index in [1.807, 2.05) is 18.2 Å². The lowest BCUT2D eigenvalue weighted by molar-refractivity contribution is -0.384. The first-order valence-electron chi connectivity index (χ1n) is 14.8. The van der Waals surface area contributed by atoms with Gasteiger partial charge < -0.3 is 14.5 Å². The fourth-order valence-corrected chi connectivity index (χ4v) is 5.58. The van der Waals surface area contributed by atoms with Crippen molar-refractivity contribution in [1.82, 2.24) is 4.98 Å². The number of anilines is 1. The minimum atomic E-state index is -1.14. The molecule has 12 nitrogen and oxygen atoms in total. The summed E-state index contributed by atoms with van der Waals surface area (Å²) in [5.74, 6) is -1.00. The van der Waals surface area contributed by atoms with Gasteiger partial charge in [-0.1, -0.05) is 68.4 Å². The number of nitrogens with zero attached hydrogens (tertiary/aromatic N) is 3. The van der Waals surface area contributed by atoms with Crippen molar-refractivity contribution >= 4 is 61.5 Å². The first kappa shape index (κ1) is 30.8. The maximum absolute atomic E-state index is 14.0. The maximum Gasteiger partial charge on any atom is 0.289 e. The van der Waals surface area contributed by atoms with E-state index >= 15 is 0 Å². The van der Waals surface area contributed by atoms with Crippen LogP contribution in [-0.4, -0.2) is 32.6 Å². The zero-order valence-electron chi connectivity index (χ0n) is 25.3. The Bertz CT molecular complexity index is 2190. The molecular formula is C35H28N4O8. The predicted molar refractivity (Wildman–Crippen MR) is 176 cm³/mol. The summed E-state index contributed by atoms with van der Waals surface area (Å²) >= 11 is 0. The van der Waals surface area contributed by atoms with Crippen LogP contribution in [0.1, 0.15) is 36.2 Å². The molecule has 0 bridgehead atoms. The molecule has 1 N–H and O–H groups in total. The van der Waals surface area contributed by atoms with Gasteiger partial charge in [0.2, 0.25) is 0 Å². The molecule has 12 heteroatoms. The third-order valence-corrected chi connectivity index (χ3v) is 7.87. The Kier molecular flexibility index (Phi) is 8.32. The van der Waals surface area contributed by atoms with Crippen LogP contribution in [0.15, 0.2) is 95.4 Å². The summed E-state index contributed by atoms with van der Waals surface area (Å²) < 4.78 is 12.4. The molecule has 2 heterocycles. The van der Waals surface area contributed by atoms with Gasteiger partial charge in [-0.2, -0.15) is 0 Å². The summed E-state index contributed by atoms with van der Waals surface area (Å²) in [6.07, 6.45) is -0.678. The number of carbonyl (C=O) groups is 2. The SMILES string of the molecule is CC(C)C(Oc1oc2ccccc2c1CCC(=O)c1ccccc1)C(=O)Nc1c2ccc([N+](=O)[O-])cc2nc2cccc([N+](=O)[O-])c12. The zero-order chi connectivity index (χ0) is 33.2. The molecule has 0 aliphatic carbocycles. The minimum absolute atomic E-state index is 0.0572. The molecule has 1 atom stereocenters. The summed E-state index contributed by atoms with van der Waals surface area (Å²) in [5, 5.41) is 27.4. The van der Waals surface area contributed by atoms with Gasteiger partial charge in [-0.25, -0.2) is 4.98 Å². The number of para-hydroxylation sites is 1. The molecule has 47 heavy (non-hydrogen) atoms. The summed E-state index contributed by atoms with van der Waals surface area (Å²) in [4.78, 5) is 53.8. The second-order valence-corrected chi connectivity index (χ2v) is 11.3.